The van der Waals surface area contributed by atoms with Gasteiger partial charge in [-0.25, -0.2) is 4.79 Å². The number of hydrogen-bond donors (Lipinski definition) is 0. The molecule has 0 aliphatic rings. The van der Waals surface area contributed by atoms with Gasteiger partial charge in [0.25, 0.3) is 0 Å². The summed E-state index contributed by atoms with van der Waals surface area (Å²) in [5.41, 5.74) is 0.350. The quantitative estimate of drug-likeness (QED) is 0.550. The van der Waals surface area contributed by atoms with Gasteiger partial charge in [-0.2, -0.15) is 0 Å². The van der Waals surface area contributed by atoms with Crippen LogP contribution in [0.25, 0.3) is 0 Å². The van der Waals surface area contributed by atoms with Crippen LogP contribution in [-0.2, 0) is 10.2 Å². The minimum absolute atomic E-state index is 0.0847. The first-order valence-corrected chi connectivity index (χ1v) is 6.10. The van der Waals surface area contributed by atoms with E-state index in [1.807, 2.05) is 39.0 Å². The first-order valence-electron chi connectivity index (χ1n) is 6.10. The van der Waals surface area contributed by atoms with Crippen molar-refractivity contribution in [3.63, 3.8) is 0 Å². The molecule has 0 radical (unpaired) electrons. The van der Waals surface area contributed by atoms with Crippen molar-refractivity contribution in [2.45, 2.75) is 52.6 Å². The summed E-state index contributed by atoms with van der Waals surface area (Å²) in [4.78, 5) is 11.7. The van der Waals surface area contributed by atoms with Gasteiger partial charge in [-0.1, -0.05) is 39.0 Å². The fourth-order valence-corrected chi connectivity index (χ4v) is 1.54. The molecule has 1 aromatic carbocycles. The Labute approximate surface area is 109 Å². The lowest BCUT2D eigenvalue weighted by Gasteiger charge is -2.23. The van der Waals surface area contributed by atoms with Gasteiger partial charge in [-0.3, -0.25) is 0 Å². The van der Waals surface area contributed by atoms with Crippen molar-refractivity contribution in [1.82, 2.24) is 0 Å². The SMILES string of the molecule is CC(C)(C)OC(=O)Oc1ccccc1C(C)(C)C. The van der Waals surface area contributed by atoms with Crippen LogP contribution in [0.2, 0.25) is 0 Å². The van der Waals surface area contributed by atoms with Crippen molar-refractivity contribution in [2.75, 3.05) is 0 Å². The Morgan fingerprint density at radius 2 is 1.56 bits per heavy atom. The third kappa shape index (κ3) is 4.40. The van der Waals surface area contributed by atoms with Crippen LogP contribution < -0.4 is 4.74 Å². The second kappa shape index (κ2) is 5.01. The van der Waals surface area contributed by atoms with Gasteiger partial charge in [-0.05, 0) is 32.3 Å². The van der Waals surface area contributed by atoms with Gasteiger partial charge < -0.3 is 9.47 Å². The lowest BCUT2D eigenvalue weighted by molar-refractivity contribution is 0.0203. The summed E-state index contributed by atoms with van der Waals surface area (Å²) in [7, 11) is 0. The van der Waals surface area contributed by atoms with Gasteiger partial charge >= 0.3 is 6.16 Å². The topological polar surface area (TPSA) is 35.5 Å². The van der Waals surface area contributed by atoms with Crippen LogP contribution >= 0.6 is 0 Å². The van der Waals surface area contributed by atoms with Gasteiger partial charge in [0.2, 0.25) is 0 Å². The van der Waals surface area contributed by atoms with Crippen LogP contribution in [0, 0.1) is 0 Å². The van der Waals surface area contributed by atoms with E-state index in [-0.39, 0.29) is 5.41 Å². The van der Waals surface area contributed by atoms with Crippen molar-refractivity contribution in [3.05, 3.63) is 29.8 Å². The fourth-order valence-electron chi connectivity index (χ4n) is 1.54. The second-order valence-corrected chi connectivity index (χ2v) is 6.31. The van der Waals surface area contributed by atoms with Crippen LogP contribution in [0.1, 0.15) is 47.1 Å². The first kappa shape index (κ1) is 14.6. The Morgan fingerprint density at radius 3 is 2.06 bits per heavy atom. The van der Waals surface area contributed by atoms with Crippen LogP contribution in [0.5, 0.6) is 5.75 Å². The van der Waals surface area contributed by atoms with Crippen molar-refractivity contribution >= 4 is 6.16 Å². The molecule has 0 aliphatic heterocycles. The highest BCUT2D eigenvalue weighted by atomic mass is 16.7. The average Bonchev–Trinajstić information content (AvgIpc) is 2.13. The average molecular weight is 250 g/mol. The maximum Gasteiger partial charge on any atom is 0.514 e. The summed E-state index contributed by atoms with van der Waals surface area (Å²) in [6, 6.07) is 7.52. The molecule has 100 valence electrons. The lowest BCUT2D eigenvalue weighted by Crippen LogP contribution is -2.26. The summed E-state index contributed by atoms with van der Waals surface area (Å²) in [5.74, 6) is 0.555. The van der Waals surface area contributed by atoms with Crippen LogP contribution in [0.3, 0.4) is 0 Å². The Hall–Kier alpha value is -1.51. The van der Waals surface area contributed by atoms with Crippen LogP contribution in [-0.4, -0.2) is 11.8 Å². The Balaban J connectivity index is 2.89. The molecule has 0 aromatic heterocycles. The minimum atomic E-state index is -0.667. The van der Waals surface area contributed by atoms with Gasteiger partial charge in [0.05, 0.1) is 0 Å². The van der Waals surface area contributed by atoms with E-state index in [1.165, 1.54) is 0 Å². The minimum Gasteiger partial charge on any atom is -0.428 e. The molecule has 1 aromatic rings. The molecule has 0 saturated heterocycles. The van der Waals surface area contributed by atoms with Gasteiger partial charge in [0.1, 0.15) is 11.4 Å². The molecule has 0 unspecified atom stereocenters. The predicted molar refractivity (Wildman–Crippen MR) is 72.0 cm³/mol. The number of ether oxygens (including phenoxy) is 2. The molecule has 0 heterocycles. The lowest BCUT2D eigenvalue weighted by atomic mass is 9.86. The van der Waals surface area contributed by atoms with Crippen LogP contribution in [0.4, 0.5) is 4.79 Å². The van der Waals surface area contributed by atoms with E-state index in [9.17, 15) is 4.79 Å². The highest BCUT2D eigenvalue weighted by molar-refractivity contribution is 5.65. The predicted octanol–water partition coefficient (Wildman–Crippen LogP) is 4.30. The molecule has 18 heavy (non-hydrogen) atoms. The second-order valence-electron chi connectivity index (χ2n) is 6.31. The molecule has 0 aliphatic carbocycles. The van der Waals surface area contributed by atoms with Crippen molar-refractivity contribution in [1.29, 1.82) is 0 Å². The number of para-hydroxylation sites is 1. The molecule has 0 saturated carbocycles. The van der Waals surface area contributed by atoms with Gasteiger partial charge in [-0.15, -0.1) is 0 Å². The fraction of sp³-hybridized carbons (Fsp3) is 0.533. The largest absolute Gasteiger partial charge is 0.514 e. The van der Waals surface area contributed by atoms with E-state index in [0.29, 0.717) is 5.75 Å². The van der Waals surface area contributed by atoms with E-state index in [4.69, 9.17) is 9.47 Å². The summed E-state index contributed by atoms with van der Waals surface area (Å²) in [6.45, 7) is 11.6. The zero-order valence-corrected chi connectivity index (χ0v) is 12.0. The summed E-state index contributed by atoms with van der Waals surface area (Å²) < 4.78 is 10.4. The van der Waals surface area contributed by atoms with Gasteiger partial charge in [0.15, 0.2) is 0 Å². The third-order valence-electron chi connectivity index (χ3n) is 2.28. The van der Waals surface area contributed by atoms with E-state index in [2.05, 4.69) is 20.8 Å². The maximum absolute atomic E-state index is 11.7. The third-order valence-corrected chi connectivity index (χ3v) is 2.28. The van der Waals surface area contributed by atoms with E-state index in [1.54, 1.807) is 6.07 Å². The molecule has 0 atom stereocenters. The number of benzene rings is 1. The maximum atomic E-state index is 11.7. The Bertz CT molecular complexity index is 422. The summed E-state index contributed by atoms with van der Waals surface area (Å²) >= 11 is 0. The van der Waals surface area contributed by atoms with Crippen molar-refractivity contribution < 1.29 is 14.3 Å². The zero-order chi connectivity index (χ0) is 14.0. The molecule has 1 rings (SSSR count). The zero-order valence-electron chi connectivity index (χ0n) is 12.0. The van der Waals surface area contributed by atoms with E-state index >= 15 is 0 Å². The number of hydrogen-bond acceptors (Lipinski definition) is 3. The van der Waals surface area contributed by atoms with Crippen molar-refractivity contribution in [3.8, 4) is 5.75 Å². The molecule has 0 bridgehead atoms. The standard InChI is InChI=1S/C15H22O3/c1-14(2,3)11-9-7-8-10-12(11)17-13(16)18-15(4,5)6/h7-10H,1-6H3. The molecule has 0 N–H and O–H groups in total. The Morgan fingerprint density at radius 1 is 1.00 bits per heavy atom. The number of carbonyl (C=O) groups excluding carboxylic acids is 1. The van der Waals surface area contributed by atoms with E-state index < -0.39 is 11.8 Å². The summed E-state index contributed by atoms with van der Waals surface area (Å²) in [6.07, 6.45) is -0.667. The monoisotopic (exact) mass is 250 g/mol. The van der Waals surface area contributed by atoms with Crippen molar-refractivity contribution in [2.24, 2.45) is 0 Å². The first-order chi connectivity index (χ1) is 8.09. The molecule has 0 fully saturated rings. The number of carbonyl (C=O) groups is 1. The highest BCUT2D eigenvalue weighted by Crippen LogP contribution is 2.31. The Kier molecular flexibility index (Phi) is 4.05. The molecule has 0 amide bonds. The normalized spacial score (nSPS) is 12.1. The van der Waals surface area contributed by atoms with Crippen LogP contribution in [0.15, 0.2) is 24.3 Å². The van der Waals surface area contributed by atoms with E-state index in [0.717, 1.165) is 5.56 Å². The molecule has 0 spiro atoms. The molecular formula is C15H22O3. The highest BCUT2D eigenvalue weighted by Gasteiger charge is 2.22. The molecule has 3 heteroatoms. The van der Waals surface area contributed by atoms with Gasteiger partial charge in [0, 0.05) is 5.56 Å². The smallest absolute Gasteiger partial charge is 0.428 e. The molecule has 3 nitrogen and oxygen atoms in total. The number of rotatable bonds is 1. The molecular weight excluding hydrogens is 228 g/mol. The summed E-state index contributed by atoms with van der Waals surface area (Å²) in [5, 5.41) is 0.